The molecule has 2 aromatic heterocycles. The Morgan fingerprint density at radius 2 is 1.55 bits per heavy atom. The lowest BCUT2D eigenvalue weighted by Crippen LogP contribution is -2.10. The number of carbonyl (C=O) groups excluding carboxylic acids is 1. The zero-order chi connectivity index (χ0) is 21.4. The van der Waals surface area contributed by atoms with E-state index in [1.54, 1.807) is 36.4 Å². The molecule has 0 atom stereocenters. The van der Waals surface area contributed by atoms with E-state index < -0.39 is 15.6 Å². The van der Waals surface area contributed by atoms with Gasteiger partial charge in [-0.2, -0.15) is 0 Å². The number of rotatable bonds is 5. The molecule has 5 aromatic rings. The van der Waals surface area contributed by atoms with Gasteiger partial charge in [0.15, 0.2) is 22.1 Å². The van der Waals surface area contributed by atoms with Gasteiger partial charge in [-0.15, -0.1) is 0 Å². The summed E-state index contributed by atoms with van der Waals surface area (Å²) in [5.41, 5.74) is 0.209. The number of ketones is 1. The van der Waals surface area contributed by atoms with E-state index in [1.807, 2.05) is 30.3 Å². The number of carbonyl (C=O) groups is 1. The van der Waals surface area contributed by atoms with E-state index in [-0.39, 0.29) is 27.0 Å². The van der Waals surface area contributed by atoms with E-state index in [2.05, 4.69) is 5.16 Å². The van der Waals surface area contributed by atoms with Crippen molar-refractivity contribution in [2.75, 3.05) is 0 Å². The van der Waals surface area contributed by atoms with Crippen LogP contribution in [0.5, 0.6) is 0 Å². The van der Waals surface area contributed by atoms with Gasteiger partial charge in [-0.05, 0) is 35.0 Å². The van der Waals surface area contributed by atoms with Crippen LogP contribution >= 0.6 is 0 Å². The van der Waals surface area contributed by atoms with Crippen molar-refractivity contribution in [2.24, 2.45) is 0 Å². The molecule has 152 valence electrons. The standard InChI is InChI=1S/C24H15NO5S/c26-22(20-14-7-15-29-20)21-24(31(27,28)17-10-2-1-3-11-17)23(30-25-21)19-13-6-9-16-8-4-5-12-18(16)19/h1-15H. The summed E-state index contributed by atoms with van der Waals surface area (Å²) in [7, 11) is -4.13. The van der Waals surface area contributed by atoms with Gasteiger partial charge in [0.1, 0.15) is 0 Å². The molecule has 0 saturated carbocycles. The molecule has 0 aliphatic carbocycles. The van der Waals surface area contributed by atoms with Crippen molar-refractivity contribution in [3.63, 3.8) is 0 Å². The molecule has 2 heterocycles. The summed E-state index contributed by atoms with van der Waals surface area (Å²) in [6.07, 6.45) is 1.34. The molecule has 0 unspecified atom stereocenters. The molecule has 0 radical (unpaired) electrons. The van der Waals surface area contributed by atoms with Crippen molar-refractivity contribution in [1.29, 1.82) is 0 Å². The smallest absolute Gasteiger partial charge is 0.251 e. The average Bonchev–Trinajstić information content (AvgIpc) is 3.49. The Morgan fingerprint density at radius 1 is 0.806 bits per heavy atom. The topological polar surface area (TPSA) is 90.4 Å². The van der Waals surface area contributed by atoms with Crippen LogP contribution in [0.15, 0.2) is 110 Å². The molecule has 0 aliphatic heterocycles. The number of hydrogen-bond acceptors (Lipinski definition) is 6. The molecule has 0 bridgehead atoms. The predicted octanol–water partition coefficient (Wildman–Crippen LogP) is 5.15. The summed E-state index contributed by atoms with van der Waals surface area (Å²) in [4.78, 5) is 12.8. The Hall–Kier alpha value is -3.97. The van der Waals surface area contributed by atoms with Gasteiger partial charge in [-0.3, -0.25) is 4.79 Å². The van der Waals surface area contributed by atoms with Gasteiger partial charge in [0.2, 0.25) is 9.84 Å². The van der Waals surface area contributed by atoms with Crippen molar-refractivity contribution in [2.45, 2.75) is 9.79 Å². The minimum atomic E-state index is -4.13. The summed E-state index contributed by atoms with van der Waals surface area (Å²) in [5.74, 6) is -0.687. The molecule has 0 N–H and O–H groups in total. The second-order valence-corrected chi connectivity index (χ2v) is 8.73. The van der Waals surface area contributed by atoms with Crippen LogP contribution in [0.25, 0.3) is 22.1 Å². The monoisotopic (exact) mass is 429 g/mol. The highest BCUT2D eigenvalue weighted by atomic mass is 32.2. The number of furan rings is 1. The molecule has 3 aromatic carbocycles. The third-order valence-electron chi connectivity index (χ3n) is 4.97. The molecule has 7 heteroatoms. The number of sulfone groups is 1. The van der Waals surface area contributed by atoms with Crippen LogP contribution in [0.3, 0.4) is 0 Å². The number of nitrogens with zero attached hydrogens (tertiary/aromatic N) is 1. The van der Waals surface area contributed by atoms with Crippen LogP contribution in [0.4, 0.5) is 0 Å². The maximum atomic E-state index is 13.6. The number of benzene rings is 3. The average molecular weight is 429 g/mol. The summed E-state index contributed by atoms with van der Waals surface area (Å²) in [5, 5.41) is 5.56. The quantitative estimate of drug-likeness (QED) is 0.359. The van der Waals surface area contributed by atoms with Crippen LogP contribution in [0.2, 0.25) is 0 Å². The molecule has 5 rings (SSSR count). The lowest BCUT2D eigenvalue weighted by Gasteiger charge is -2.08. The highest BCUT2D eigenvalue weighted by molar-refractivity contribution is 7.91. The minimum Gasteiger partial charge on any atom is -0.461 e. The lowest BCUT2D eigenvalue weighted by molar-refractivity contribution is 0.0998. The Bertz CT molecular complexity index is 1500. The first-order valence-corrected chi connectivity index (χ1v) is 10.9. The molecule has 0 amide bonds. The Morgan fingerprint density at radius 3 is 2.32 bits per heavy atom. The Kier molecular flexibility index (Phi) is 4.52. The van der Waals surface area contributed by atoms with Gasteiger partial charge in [0.05, 0.1) is 11.2 Å². The van der Waals surface area contributed by atoms with Crippen molar-refractivity contribution < 1.29 is 22.2 Å². The van der Waals surface area contributed by atoms with Crippen LogP contribution < -0.4 is 0 Å². The SMILES string of the molecule is O=C(c1ccco1)c1noc(-c2cccc3ccccc23)c1S(=O)(=O)c1ccccc1. The first kappa shape index (κ1) is 19.0. The Labute approximate surface area is 177 Å². The van der Waals surface area contributed by atoms with E-state index in [9.17, 15) is 13.2 Å². The lowest BCUT2D eigenvalue weighted by atomic mass is 10.0. The summed E-state index contributed by atoms with van der Waals surface area (Å²) in [6, 6.07) is 23.9. The van der Waals surface area contributed by atoms with Crippen LogP contribution in [0.1, 0.15) is 16.2 Å². The first-order valence-electron chi connectivity index (χ1n) is 9.43. The Balaban J connectivity index is 1.82. The van der Waals surface area contributed by atoms with Gasteiger partial charge in [0, 0.05) is 5.56 Å². The van der Waals surface area contributed by atoms with E-state index in [0.29, 0.717) is 5.56 Å². The summed E-state index contributed by atoms with van der Waals surface area (Å²) < 4.78 is 38.0. The maximum Gasteiger partial charge on any atom is 0.251 e. The van der Waals surface area contributed by atoms with Gasteiger partial charge in [0.25, 0.3) is 5.78 Å². The molecule has 31 heavy (non-hydrogen) atoms. The van der Waals surface area contributed by atoms with Gasteiger partial charge in [-0.1, -0.05) is 65.8 Å². The molecule has 0 spiro atoms. The second kappa shape index (κ2) is 7.37. The molecule has 0 aliphatic rings. The van der Waals surface area contributed by atoms with Crippen LogP contribution in [0, 0.1) is 0 Å². The van der Waals surface area contributed by atoms with Crippen LogP contribution in [-0.2, 0) is 9.84 Å². The number of fused-ring (bicyclic) bond motifs is 1. The highest BCUT2D eigenvalue weighted by Gasteiger charge is 2.35. The van der Waals surface area contributed by atoms with Crippen molar-refractivity contribution in [3.05, 3.63) is 103 Å². The fraction of sp³-hybridized carbons (Fsp3) is 0. The van der Waals surface area contributed by atoms with Gasteiger partial charge in [-0.25, -0.2) is 8.42 Å². The second-order valence-electron chi connectivity index (χ2n) is 6.84. The van der Waals surface area contributed by atoms with Crippen LogP contribution in [-0.4, -0.2) is 19.4 Å². The number of aromatic nitrogens is 1. The maximum absolute atomic E-state index is 13.6. The van der Waals surface area contributed by atoms with E-state index in [1.165, 1.54) is 24.5 Å². The molecular weight excluding hydrogens is 414 g/mol. The molecular formula is C24H15NO5S. The highest BCUT2D eigenvalue weighted by Crippen LogP contribution is 2.38. The predicted molar refractivity (Wildman–Crippen MR) is 113 cm³/mol. The summed E-state index contributed by atoms with van der Waals surface area (Å²) in [6.45, 7) is 0. The number of hydrogen-bond donors (Lipinski definition) is 0. The minimum absolute atomic E-state index is 0.00978. The largest absolute Gasteiger partial charge is 0.461 e. The summed E-state index contributed by atoms with van der Waals surface area (Å²) >= 11 is 0. The normalized spacial score (nSPS) is 11.6. The molecule has 6 nitrogen and oxygen atoms in total. The third-order valence-corrected chi connectivity index (χ3v) is 6.78. The molecule has 0 saturated heterocycles. The van der Waals surface area contributed by atoms with Crippen molar-refractivity contribution >= 4 is 26.4 Å². The van der Waals surface area contributed by atoms with E-state index in [0.717, 1.165) is 10.8 Å². The van der Waals surface area contributed by atoms with Crippen molar-refractivity contribution in [1.82, 2.24) is 5.16 Å². The van der Waals surface area contributed by atoms with Gasteiger partial charge < -0.3 is 8.94 Å². The van der Waals surface area contributed by atoms with E-state index in [4.69, 9.17) is 8.94 Å². The van der Waals surface area contributed by atoms with E-state index >= 15 is 0 Å². The van der Waals surface area contributed by atoms with Crippen molar-refractivity contribution in [3.8, 4) is 11.3 Å². The fourth-order valence-electron chi connectivity index (χ4n) is 3.51. The molecule has 0 fully saturated rings. The third kappa shape index (κ3) is 3.15. The zero-order valence-corrected chi connectivity index (χ0v) is 16.9. The fourth-order valence-corrected chi connectivity index (χ4v) is 5.04. The zero-order valence-electron chi connectivity index (χ0n) is 16.1. The first-order chi connectivity index (χ1) is 15.1. The van der Waals surface area contributed by atoms with Gasteiger partial charge >= 0.3 is 0 Å².